The van der Waals surface area contributed by atoms with Crippen LogP contribution in [-0.2, 0) is 10.0 Å². The smallest absolute Gasteiger partial charge is 0.283 e. The second-order valence-electron chi connectivity index (χ2n) is 4.13. The fourth-order valence-electron chi connectivity index (χ4n) is 1.66. The van der Waals surface area contributed by atoms with Crippen LogP contribution in [0.25, 0.3) is 0 Å². The Balaban J connectivity index is 2.29. The molecule has 2 aromatic carbocycles. The van der Waals surface area contributed by atoms with E-state index in [0.29, 0.717) is 17.9 Å². The molecule has 4 nitrogen and oxygen atoms in total. The standard InChI is InChI=1S/C15H14ClNO3S/c1-2-20-13-8-10-14(11-9-13)21(18,19)17-15(16)12-6-4-3-5-7-12/h3-11H,2H2,1H3. The maximum Gasteiger partial charge on any atom is 0.283 e. The summed E-state index contributed by atoms with van der Waals surface area (Å²) in [6, 6.07) is 14.8. The highest BCUT2D eigenvalue weighted by Crippen LogP contribution is 2.19. The Morgan fingerprint density at radius 3 is 2.29 bits per heavy atom. The predicted molar refractivity (Wildman–Crippen MR) is 83.6 cm³/mol. The van der Waals surface area contributed by atoms with E-state index in [0.717, 1.165) is 0 Å². The minimum Gasteiger partial charge on any atom is -0.494 e. The van der Waals surface area contributed by atoms with Crippen LogP contribution in [-0.4, -0.2) is 20.2 Å². The number of nitrogens with zero attached hydrogens (tertiary/aromatic N) is 1. The summed E-state index contributed by atoms with van der Waals surface area (Å²) < 4.78 is 33.3. The van der Waals surface area contributed by atoms with Gasteiger partial charge in [-0.2, -0.15) is 8.42 Å². The first kappa shape index (κ1) is 15.5. The molecule has 0 spiro atoms. The van der Waals surface area contributed by atoms with Crippen molar-refractivity contribution in [2.45, 2.75) is 11.8 Å². The molecule has 0 unspecified atom stereocenters. The largest absolute Gasteiger partial charge is 0.494 e. The van der Waals surface area contributed by atoms with Gasteiger partial charge in [-0.05, 0) is 31.2 Å². The molecule has 21 heavy (non-hydrogen) atoms. The fraction of sp³-hybridized carbons (Fsp3) is 0.133. The molecular weight excluding hydrogens is 310 g/mol. The van der Waals surface area contributed by atoms with Gasteiger partial charge < -0.3 is 4.74 Å². The lowest BCUT2D eigenvalue weighted by molar-refractivity contribution is 0.340. The zero-order chi connectivity index (χ0) is 15.3. The molecule has 0 radical (unpaired) electrons. The summed E-state index contributed by atoms with van der Waals surface area (Å²) in [5, 5.41) is -0.0653. The maximum absolute atomic E-state index is 12.2. The van der Waals surface area contributed by atoms with Gasteiger partial charge in [-0.25, -0.2) is 0 Å². The Morgan fingerprint density at radius 2 is 1.71 bits per heavy atom. The van der Waals surface area contributed by atoms with Crippen LogP contribution < -0.4 is 4.74 Å². The molecule has 0 aliphatic rings. The third-order valence-electron chi connectivity index (χ3n) is 2.64. The molecule has 0 amide bonds. The van der Waals surface area contributed by atoms with Crippen LogP contribution in [0.15, 0.2) is 63.9 Å². The molecule has 0 saturated heterocycles. The normalized spacial score (nSPS) is 12.2. The second-order valence-corrected chi connectivity index (χ2v) is 6.09. The summed E-state index contributed by atoms with van der Waals surface area (Å²) in [7, 11) is -3.84. The first-order chi connectivity index (χ1) is 10.0. The van der Waals surface area contributed by atoms with Gasteiger partial charge in [0.15, 0.2) is 0 Å². The van der Waals surface area contributed by atoms with Gasteiger partial charge in [-0.3, -0.25) is 0 Å². The van der Waals surface area contributed by atoms with E-state index in [1.807, 2.05) is 13.0 Å². The van der Waals surface area contributed by atoms with Crippen molar-refractivity contribution in [1.82, 2.24) is 0 Å². The Hall–Kier alpha value is -1.85. The van der Waals surface area contributed by atoms with E-state index in [1.165, 1.54) is 12.1 Å². The lowest BCUT2D eigenvalue weighted by Crippen LogP contribution is -2.02. The SMILES string of the molecule is CCOc1ccc(S(=O)(=O)N=C(Cl)c2ccccc2)cc1. The van der Waals surface area contributed by atoms with Crippen molar-refractivity contribution in [3.63, 3.8) is 0 Å². The molecule has 2 rings (SSSR count). The zero-order valence-corrected chi connectivity index (χ0v) is 12.9. The molecule has 110 valence electrons. The molecule has 0 saturated carbocycles. The van der Waals surface area contributed by atoms with E-state index >= 15 is 0 Å². The molecule has 0 N–H and O–H groups in total. The predicted octanol–water partition coefficient (Wildman–Crippen LogP) is 3.46. The van der Waals surface area contributed by atoms with Gasteiger partial charge in [0.1, 0.15) is 10.9 Å². The van der Waals surface area contributed by atoms with Gasteiger partial charge in [0, 0.05) is 5.56 Å². The lowest BCUT2D eigenvalue weighted by Gasteiger charge is -2.04. The van der Waals surface area contributed by atoms with Crippen molar-refractivity contribution >= 4 is 26.8 Å². The van der Waals surface area contributed by atoms with Crippen molar-refractivity contribution in [3.8, 4) is 5.75 Å². The summed E-state index contributed by atoms with van der Waals surface area (Å²) in [6.07, 6.45) is 0. The molecule has 0 atom stereocenters. The number of hydrogen-bond acceptors (Lipinski definition) is 3. The van der Waals surface area contributed by atoms with E-state index in [1.54, 1.807) is 36.4 Å². The molecule has 0 aliphatic carbocycles. The average Bonchev–Trinajstić information content (AvgIpc) is 2.48. The van der Waals surface area contributed by atoms with Crippen molar-refractivity contribution < 1.29 is 13.2 Å². The highest BCUT2D eigenvalue weighted by molar-refractivity contribution is 7.90. The molecule has 0 heterocycles. The van der Waals surface area contributed by atoms with E-state index in [-0.39, 0.29) is 10.1 Å². The molecule has 0 bridgehead atoms. The molecule has 0 fully saturated rings. The third kappa shape index (κ3) is 4.06. The Morgan fingerprint density at radius 1 is 1.10 bits per heavy atom. The monoisotopic (exact) mass is 323 g/mol. The highest BCUT2D eigenvalue weighted by atomic mass is 35.5. The third-order valence-corrected chi connectivity index (χ3v) is 4.34. The van der Waals surface area contributed by atoms with Crippen LogP contribution in [0.4, 0.5) is 0 Å². The van der Waals surface area contributed by atoms with E-state index in [9.17, 15) is 8.42 Å². The quantitative estimate of drug-likeness (QED) is 0.792. The van der Waals surface area contributed by atoms with E-state index < -0.39 is 10.0 Å². The van der Waals surface area contributed by atoms with Crippen molar-refractivity contribution in [1.29, 1.82) is 0 Å². The van der Waals surface area contributed by atoms with Gasteiger partial charge >= 0.3 is 0 Å². The van der Waals surface area contributed by atoms with Crippen LogP contribution in [0, 0.1) is 0 Å². The summed E-state index contributed by atoms with van der Waals surface area (Å²) in [6.45, 7) is 2.37. The Kier molecular flexibility index (Phi) is 4.98. The van der Waals surface area contributed by atoms with E-state index in [2.05, 4.69) is 4.40 Å². The number of halogens is 1. The van der Waals surface area contributed by atoms with Crippen LogP contribution in [0.2, 0.25) is 0 Å². The van der Waals surface area contributed by atoms with Gasteiger partial charge in [0.05, 0.1) is 11.5 Å². The first-order valence-corrected chi connectivity index (χ1v) is 8.13. The Bertz CT molecular complexity index is 725. The summed E-state index contributed by atoms with van der Waals surface area (Å²) in [4.78, 5) is 0.0695. The highest BCUT2D eigenvalue weighted by Gasteiger charge is 2.14. The maximum atomic E-state index is 12.2. The van der Waals surface area contributed by atoms with Gasteiger partial charge in [0.2, 0.25) is 0 Å². The number of sulfonamides is 1. The van der Waals surface area contributed by atoms with Crippen molar-refractivity contribution in [3.05, 3.63) is 60.2 Å². The van der Waals surface area contributed by atoms with Crippen LogP contribution in [0.3, 0.4) is 0 Å². The fourth-order valence-corrected chi connectivity index (χ4v) is 2.96. The first-order valence-electron chi connectivity index (χ1n) is 6.31. The summed E-state index contributed by atoms with van der Waals surface area (Å²) in [5.74, 6) is 0.606. The summed E-state index contributed by atoms with van der Waals surface area (Å²) in [5.41, 5.74) is 0.550. The van der Waals surface area contributed by atoms with Gasteiger partial charge in [0.25, 0.3) is 10.0 Å². The van der Waals surface area contributed by atoms with Crippen molar-refractivity contribution in [2.24, 2.45) is 4.40 Å². The molecule has 0 aliphatic heterocycles. The van der Waals surface area contributed by atoms with Gasteiger partial charge in [-0.15, -0.1) is 4.40 Å². The average molecular weight is 324 g/mol. The number of rotatable bonds is 5. The minimum atomic E-state index is -3.84. The van der Waals surface area contributed by atoms with E-state index in [4.69, 9.17) is 16.3 Å². The molecule has 6 heteroatoms. The lowest BCUT2D eigenvalue weighted by atomic mass is 10.2. The number of benzene rings is 2. The van der Waals surface area contributed by atoms with Gasteiger partial charge in [-0.1, -0.05) is 41.9 Å². The van der Waals surface area contributed by atoms with Crippen LogP contribution >= 0.6 is 11.6 Å². The minimum absolute atomic E-state index is 0.0653. The van der Waals surface area contributed by atoms with Crippen molar-refractivity contribution in [2.75, 3.05) is 6.61 Å². The van der Waals surface area contributed by atoms with Crippen LogP contribution in [0.5, 0.6) is 5.75 Å². The van der Waals surface area contributed by atoms with Crippen LogP contribution in [0.1, 0.15) is 12.5 Å². The summed E-state index contributed by atoms with van der Waals surface area (Å²) >= 11 is 5.97. The number of hydrogen-bond donors (Lipinski definition) is 0. The molecule has 0 aromatic heterocycles. The zero-order valence-electron chi connectivity index (χ0n) is 11.4. The topological polar surface area (TPSA) is 55.7 Å². The second kappa shape index (κ2) is 6.74. The molecule has 2 aromatic rings. The Labute approximate surface area is 129 Å². The molecular formula is C15H14ClNO3S. The number of ether oxygens (including phenoxy) is 1.